The minimum Gasteiger partial charge on any atom is -0.312 e. The molecule has 0 saturated heterocycles. The highest BCUT2D eigenvalue weighted by Gasteiger charge is 2.28. The van der Waals surface area contributed by atoms with Crippen molar-refractivity contribution in [3.8, 4) is 11.8 Å². The molecule has 1 atom stereocenters. The third kappa shape index (κ3) is 8.21. The lowest BCUT2D eigenvalue weighted by Gasteiger charge is -2.21. The van der Waals surface area contributed by atoms with Gasteiger partial charge in [-0.25, -0.2) is 0 Å². The van der Waals surface area contributed by atoms with E-state index in [9.17, 15) is 9.36 Å². The molecular weight excluding hydrogens is 263 g/mol. The third-order valence-corrected chi connectivity index (χ3v) is 4.09. The molecule has 0 amide bonds. The van der Waals surface area contributed by atoms with Gasteiger partial charge >= 0.3 is 7.60 Å². The van der Waals surface area contributed by atoms with Crippen molar-refractivity contribution >= 4 is 13.4 Å². The fourth-order valence-electron chi connectivity index (χ4n) is 1.16. The number of hydrogen-bond acceptors (Lipinski definition) is 4. The van der Waals surface area contributed by atoms with Crippen molar-refractivity contribution < 1.29 is 18.4 Å². The summed E-state index contributed by atoms with van der Waals surface area (Å²) in [6.45, 7) is 6.90. The molecule has 0 rings (SSSR count). The molecule has 0 N–H and O–H groups in total. The summed E-state index contributed by atoms with van der Waals surface area (Å²) >= 11 is 0. The smallest absolute Gasteiger partial charge is 0.312 e. The molecular formula is C14H25O4P. The van der Waals surface area contributed by atoms with Gasteiger partial charge < -0.3 is 9.05 Å². The van der Waals surface area contributed by atoms with E-state index < -0.39 is 13.0 Å². The second-order valence-electron chi connectivity index (χ2n) is 5.17. The summed E-state index contributed by atoms with van der Waals surface area (Å²) in [6, 6.07) is 0. The number of rotatable bonds is 8. The van der Waals surface area contributed by atoms with Crippen LogP contribution in [-0.2, 0) is 18.4 Å². The molecule has 0 saturated carbocycles. The van der Waals surface area contributed by atoms with E-state index in [4.69, 9.17) is 4.52 Å². The number of Topliss-reactive ketones (excluding diaryl/α,β-unsaturated/α-hetero) is 1. The Morgan fingerprint density at radius 1 is 1.32 bits per heavy atom. The van der Waals surface area contributed by atoms with Crippen LogP contribution in [0.1, 0.15) is 46.5 Å². The van der Waals surface area contributed by atoms with Crippen molar-refractivity contribution in [2.24, 2.45) is 5.41 Å². The first-order chi connectivity index (χ1) is 8.75. The Bertz CT molecular complexity index is 390. The molecule has 0 spiro atoms. The Morgan fingerprint density at radius 3 is 2.47 bits per heavy atom. The average Bonchev–Trinajstić information content (AvgIpc) is 2.35. The fourth-order valence-corrected chi connectivity index (χ4v) is 1.62. The van der Waals surface area contributed by atoms with Crippen LogP contribution in [-0.4, -0.2) is 26.2 Å². The topological polar surface area (TPSA) is 52.6 Å². The van der Waals surface area contributed by atoms with Crippen molar-refractivity contribution in [1.29, 1.82) is 0 Å². The molecule has 110 valence electrons. The zero-order chi connectivity index (χ0) is 14.9. The quantitative estimate of drug-likeness (QED) is 0.388. The molecule has 0 aliphatic heterocycles. The van der Waals surface area contributed by atoms with Crippen LogP contribution in [0.5, 0.6) is 0 Å². The molecule has 0 aliphatic rings. The van der Waals surface area contributed by atoms with Gasteiger partial charge in [0.25, 0.3) is 0 Å². The molecule has 0 fully saturated rings. The summed E-state index contributed by atoms with van der Waals surface area (Å²) in [5.41, 5.74) is -0.590. The molecule has 0 aromatic rings. The van der Waals surface area contributed by atoms with E-state index in [1.807, 2.05) is 13.8 Å². The highest BCUT2D eigenvalue weighted by molar-refractivity contribution is 7.52. The largest absolute Gasteiger partial charge is 0.327 e. The van der Waals surface area contributed by atoms with Crippen molar-refractivity contribution in [2.75, 3.05) is 20.4 Å². The summed E-state index contributed by atoms with van der Waals surface area (Å²) in [7, 11) is -1.79. The first-order valence-electron chi connectivity index (χ1n) is 6.52. The van der Waals surface area contributed by atoms with Gasteiger partial charge in [0, 0.05) is 32.0 Å². The number of carbonyl (C=O) groups excluding carboxylic acids is 1. The Balaban J connectivity index is 4.27. The van der Waals surface area contributed by atoms with Gasteiger partial charge in [0.1, 0.15) is 6.61 Å². The number of hydrogen-bond donors (Lipinski definition) is 0. The Labute approximate surface area is 116 Å². The highest BCUT2D eigenvalue weighted by Crippen LogP contribution is 2.42. The SMILES string of the molecule is CCCCC#CCC(C)(C)C(=O)COP(C)(=O)OC. The zero-order valence-corrected chi connectivity index (χ0v) is 13.5. The lowest BCUT2D eigenvalue weighted by atomic mass is 9.85. The standard InChI is InChI=1S/C14H25O4P/c1-6-7-8-9-10-11-14(2,3)13(15)12-18-19(5,16)17-4/h6-8,11-12H2,1-5H3. The summed E-state index contributed by atoms with van der Waals surface area (Å²) < 4.78 is 21.2. The summed E-state index contributed by atoms with van der Waals surface area (Å²) in [5.74, 6) is 5.97. The highest BCUT2D eigenvalue weighted by atomic mass is 31.2. The molecule has 0 heterocycles. The molecule has 0 radical (unpaired) electrons. The van der Waals surface area contributed by atoms with Gasteiger partial charge in [0.15, 0.2) is 5.78 Å². The van der Waals surface area contributed by atoms with Crippen molar-refractivity contribution in [3.05, 3.63) is 0 Å². The number of carbonyl (C=O) groups is 1. The predicted molar refractivity (Wildman–Crippen MR) is 77.2 cm³/mol. The van der Waals surface area contributed by atoms with Crippen LogP contribution in [0.4, 0.5) is 0 Å². The van der Waals surface area contributed by atoms with Gasteiger partial charge in [-0.15, -0.1) is 11.8 Å². The third-order valence-electron chi connectivity index (χ3n) is 2.83. The minimum atomic E-state index is -3.09. The zero-order valence-electron chi connectivity index (χ0n) is 12.6. The summed E-state index contributed by atoms with van der Waals surface area (Å²) in [6.07, 6.45) is 3.55. The molecule has 0 aliphatic carbocycles. The van der Waals surface area contributed by atoms with Crippen molar-refractivity contribution in [1.82, 2.24) is 0 Å². The molecule has 1 unspecified atom stereocenters. The number of unbranched alkanes of at least 4 members (excludes halogenated alkanes) is 2. The first kappa shape index (κ1) is 18.4. The van der Waals surface area contributed by atoms with Crippen LogP contribution in [0.2, 0.25) is 0 Å². The molecule has 0 aromatic carbocycles. The van der Waals surface area contributed by atoms with E-state index in [2.05, 4.69) is 23.3 Å². The summed E-state index contributed by atoms with van der Waals surface area (Å²) in [4.78, 5) is 12.0. The van der Waals surface area contributed by atoms with Gasteiger partial charge in [0.05, 0.1) is 0 Å². The fraction of sp³-hybridized carbons (Fsp3) is 0.786. The Morgan fingerprint density at radius 2 is 1.95 bits per heavy atom. The average molecular weight is 288 g/mol. The maximum atomic E-state index is 12.0. The normalized spacial score (nSPS) is 14.4. The van der Waals surface area contributed by atoms with Gasteiger partial charge in [-0.2, -0.15) is 0 Å². The second kappa shape index (κ2) is 8.53. The van der Waals surface area contributed by atoms with Crippen LogP contribution in [0.3, 0.4) is 0 Å². The van der Waals surface area contributed by atoms with E-state index in [-0.39, 0.29) is 12.4 Å². The monoisotopic (exact) mass is 288 g/mol. The van der Waals surface area contributed by atoms with Crippen molar-refractivity contribution in [3.63, 3.8) is 0 Å². The lowest BCUT2D eigenvalue weighted by molar-refractivity contribution is -0.129. The van der Waals surface area contributed by atoms with Crippen LogP contribution in [0, 0.1) is 17.3 Å². The van der Waals surface area contributed by atoms with E-state index in [1.54, 1.807) is 0 Å². The number of ketones is 1. The molecule has 0 aromatic heterocycles. The van der Waals surface area contributed by atoms with E-state index >= 15 is 0 Å². The molecule has 19 heavy (non-hydrogen) atoms. The van der Waals surface area contributed by atoms with Gasteiger partial charge in [-0.3, -0.25) is 9.36 Å². The van der Waals surface area contributed by atoms with E-state index in [0.717, 1.165) is 19.3 Å². The second-order valence-corrected chi connectivity index (χ2v) is 7.33. The molecule has 0 bridgehead atoms. The van der Waals surface area contributed by atoms with Gasteiger partial charge in [0.2, 0.25) is 0 Å². The first-order valence-corrected chi connectivity index (χ1v) is 8.51. The Hall–Kier alpha value is -0.620. The Kier molecular flexibility index (Phi) is 8.25. The maximum Gasteiger partial charge on any atom is 0.327 e. The minimum absolute atomic E-state index is 0.114. The lowest BCUT2D eigenvalue weighted by Crippen LogP contribution is -2.27. The maximum absolute atomic E-state index is 12.0. The molecule has 5 heteroatoms. The van der Waals surface area contributed by atoms with E-state index in [0.29, 0.717) is 6.42 Å². The van der Waals surface area contributed by atoms with Crippen LogP contribution >= 0.6 is 7.60 Å². The van der Waals surface area contributed by atoms with Crippen LogP contribution in [0.25, 0.3) is 0 Å². The van der Waals surface area contributed by atoms with Gasteiger partial charge in [-0.05, 0) is 6.42 Å². The predicted octanol–water partition coefficient (Wildman–Crippen LogP) is 3.65. The van der Waals surface area contributed by atoms with Crippen LogP contribution < -0.4 is 0 Å². The van der Waals surface area contributed by atoms with E-state index in [1.165, 1.54) is 13.8 Å². The van der Waals surface area contributed by atoms with Crippen molar-refractivity contribution in [2.45, 2.75) is 46.5 Å². The molecule has 4 nitrogen and oxygen atoms in total. The summed E-state index contributed by atoms with van der Waals surface area (Å²) in [5, 5.41) is 0. The van der Waals surface area contributed by atoms with Crippen LogP contribution in [0.15, 0.2) is 0 Å². The van der Waals surface area contributed by atoms with Gasteiger partial charge in [-0.1, -0.05) is 27.2 Å².